The fourth-order valence-electron chi connectivity index (χ4n) is 1.63. The van der Waals surface area contributed by atoms with Crippen LogP contribution in [0.2, 0.25) is 0 Å². The molecule has 0 spiro atoms. The van der Waals surface area contributed by atoms with E-state index in [9.17, 15) is 4.79 Å². The minimum atomic E-state index is -0.783. The van der Waals surface area contributed by atoms with Gasteiger partial charge in [0.05, 0.1) is 24.5 Å². The van der Waals surface area contributed by atoms with Gasteiger partial charge in [0.2, 0.25) is 0 Å². The number of carboxylic acid groups (broad SMARTS) is 1. The second kappa shape index (κ2) is 3.77. The lowest BCUT2D eigenvalue weighted by molar-refractivity contribution is -0.137. The van der Waals surface area contributed by atoms with Crippen molar-refractivity contribution in [3.63, 3.8) is 0 Å². The first kappa shape index (κ1) is 9.17. The molecule has 1 aliphatic heterocycles. The number of aromatic amines is 1. The molecule has 2 rings (SSSR count). The maximum atomic E-state index is 10.5. The third-order valence-corrected chi connectivity index (χ3v) is 2.30. The molecule has 0 saturated carbocycles. The Bertz CT molecular complexity index is 311. The number of carboxylic acids is 1. The van der Waals surface area contributed by atoms with Crippen molar-refractivity contribution in [1.82, 2.24) is 20.8 Å². The predicted molar refractivity (Wildman–Crippen MR) is 48.3 cm³/mol. The number of aliphatic carboxylic acids is 1. The number of nitrogens with zero attached hydrogens (tertiary/aromatic N) is 1. The van der Waals surface area contributed by atoms with Crippen molar-refractivity contribution < 1.29 is 9.90 Å². The molecular weight excluding hydrogens is 184 g/mol. The fraction of sp³-hybridized carbons (Fsp3) is 0.500. The standard InChI is InChI=1S/C8H12N4O2/c13-8(14)2-5-1-6(12-11-5)7-3-9-4-10-7/h3-6,11-12H,1-2H2,(H,9,10)(H,13,14). The minimum Gasteiger partial charge on any atom is -0.481 e. The lowest BCUT2D eigenvalue weighted by Gasteiger charge is -2.04. The van der Waals surface area contributed by atoms with E-state index in [4.69, 9.17) is 5.11 Å². The summed E-state index contributed by atoms with van der Waals surface area (Å²) in [5.41, 5.74) is 6.95. The van der Waals surface area contributed by atoms with Crippen molar-refractivity contribution in [3.8, 4) is 0 Å². The van der Waals surface area contributed by atoms with Crippen molar-refractivity contribution >= 4 is 5.97 Å². The topological polar surface area (TPSA) is 90.0 Å². The molecule has 1 saturated heterocycles. The Balaban J connectivity index is 1.92. The zero-order valence-electron chi connectivity index (χ0n) is 7.53. The number of hydrazine groups is 1. The Morgan fingerprint density at radius 1 is 1.64 bits per heavy atom. The number of carbonyl (C=O) groups is 1. The van der Waals surface area contributed by atoms with Gasteiger partial charge in [-0.3, -0.25) is 10.2 Å². The van der Waals surface area contributed by atoms with E-state index in [-0.39, 0.29) is 18.5 Å². The normalized spacial score (nSPS) is 26.6. The number of rotatable bonds is 3. The molecule has 6 nitrogen and oxygen atoms in total. The summed E-state index contributed by atoms with van der Waals surface area (Å²) in [4.78, 5) is 17.4. The summed E-state index contributed by atoms with van der Waals surface area (Å²) in [6.45, 7) is 0. The van der Waals surface area contributed by atoms with Gasteiger partial charge in [-0.05, 0) is 6.42 Å². The van der Waals surface area contributed by atoms with Crippen LogP contribution in [-0.4, -0.2) is 27.1 Å². The van der Waals surface area contributed by atoms with Crippen LogP contribution in [0.5, 0.6) is 0 Å². The van der Waals surface area contributed by atoms with Gasteiger partial charge in [-0.1, -0.05) is 0 Å². The highest BCUT2D eigenvalue weighted by Crippen LogP contribution is 2.20. The number of nitrogens with one attached hydrogen (secondary N) is 3. The van der Waals surface area contributed by atoms with Crippen molar-refractivity contribution in [2.24, 2.45) is 0 Å². The average Bonchev–Trinajstić information content (AvgIpc) is 2.69. The number of imidazole rings is 1. The summed E-state index contributed by atoms with van der Waals surface area (Å²) >= 11 is 0. The smallest absolute Gasteiger partial charge is 0.304 e. The Hall–Kier alpha value is -1.40. The summed E-state index contributed by atoms with van der Waals surface area (Å²) in [6, 6.07) is 0.114. The van der Waals surface area contributed by atoms with Crippen molar-refractivity contribution in [2.45, 2.75) is 24.9 Å². The average molecular weight is 196 g/mol. The summed E-state index contributed by atoms with van der Waals surface area (Å²) in [6.07, 6.45) is 4.25. The fourth-order valence-corrected chi connectivity index (χ4v) is 1.63. The molecule has 76 valence electrons. The van der Waals surface area contributed by atoms with Gasteiger partial charge >= 0.3 is 5.97 Å². The molecule has 0 bridgehead atoms. The van der Waals surface area contributed by atoms with Crippen molar-refractivity contribution in [1.29, 1.82) is 0 Å². The predicted octanol–water partition coefficient (Wildman–Crippen LogP) is -0.208. The first-order valence-corrected chi connectivity index (χ1v) is 4.47. The molecule has 4 N–H and O–H groups in total. The Morgan fingerprint density at radius 3 is 3.14 bits per heavy atom. The molecule has 2 heterocycles. The summed E-state index contributed by atoms with van der Waals surface area (Å²) in [7, 11) is 0. The highest BCUT2D eigenvalue weighted by Gasteiger charge is 2.27. The van der Waals surface area contributed by atoms with Crippen molar-refractivity contribution in [2.75, 3.05) is 0 Å². The van der Waals surface area contributed by atoms with Gasteiger partial charge in [-0.2, -0.15) is 0 Å². The zero-order chi connectivity index (χ0) is 9.97. The Kier molecular flexibility index (Phi) is 2.47. The molecular formula is C8H12N4O2. The Morgan fingerprint density at radius 2 is 2.50 bits per heavy atom. The van der Waals surface area contributed by atoms with Gasteiger partial charge in [-0.25, -0.2) is 10.4 Å². The molecule has 6 heteroatoms. The second-order valence-electron chi connectivity index (χ2n) is 3.38. The monoisotopic (exact) mass is 196 g/mol. The van der Waals surface area contributed by atoms with Gasteiger partial charge < -0.3 is 10.1 Å². The van der Waals surface area contributed by atoms with Crippen LogP contribution < -0.4 is 10.9 Å². The molecule has 14 heavy (non-hydrogen) atoms. The molecule has 1 aromatic heterocycles. The molecule has 1 aromatic rings. The van der Waals surface area contributed by atoms with Crippen molar-refractivity contribution in [3.05, 3.63) is 18.2 Å². The molecule has 2 atom stereocenters. The van der Waals surface area contributed by atoms with Crippen LogP contribution in [-0.2, 0) is 4.79 Å². The molecule has 0 radical (unpaired) electrons. The van der Waals surface area contributed by atoms with E-state index in [1.165, 1.54) is 0 Å². The summed E-state index contributed by atoms with van der Waals surface area (Å²) < 4.78 is 0. The van der Waals surface area contributed by atoms with E-state index in [0.29, 0.717) is 0 Å². The maximum absolute atomic E-state index is 10.5. The van der Waals surface area contributed by atoms with Gasteiger partial charge in [0, 0.05) is 12.2 Å². The number of hydrogen-bond donors (Lipinski definition) is 4. The lowest BCUT2D eigenvalue weighted by Crippen LogP contribution is -2.32. The van der Waals surface area contributed by atoms with Crippen LogP contribution in [0.15, 0.2) is 12.5 Å². The minimum absolute atomic E-state index is 0.0131. The van der Waals surface area contributed by atoms with Gasteiger partial charge in [0.25, 0.3) is 0 Å². The molecule has 2 unspecified atom stereocenters. The molecule has 1 fully saturated rings. The highest BCUT2D eigenvalue weighted by atomic mass is 16.4. The molecule has 1 aliphatic rings. The van der Waals surface area contributed by atoms with E-state index >= 15 is 0 Å². The van der Waals surface area contributed by atoms with Crippen LogP contribution in [0, 0.1) is 0 Å². The zero-order valence-corrected chi connectivity index (χ0v) is 7.53. The van der Waals surface area contributed by atoms with Crippen LogP contribution in [0.25, 0.3) is 0 Å². The third kappa shape index (κ3) is 1.91. The highest BCUT2D eigenvalue weighted by molar-refractivity contribution is 5.67. The molecule has 0 aromatic carbocycles. The number of H-pyrrole nitrogens is 1. The Labute approximate surface area is 80.7 Å². The first-order valence-electron chi connectivity index (χ1n) is 4.47. The lowest BCUT2D eigenvalue weighted by atomic mass is 10.1. The number of aromatic nitrogens is 2. The van der Waals surface area contributed by atoms with Crippen LogP contribution in [0.1, 0.15) is 24.6 Å². The SMILES string of the molecule is O=C(O)CC1CC(c2cnc[nH]2)NN1. The van der Waals surface area contributed by atoms with Crippen LogP contribution in [0.3, 0.4) is 0 Å². The summed E-state index contributed by atoms with van der Waals surface area (Å²) in [5.74, 6) is -0.783. The largest absolute Gasteiger partial charge is 0.481 e. The van der Waals surface area contributed by atoms with Gasteiger partial charge in [-0.15, -0.1) is 0 Å². The molecule has 0 amide bonds. The summed E-state index contributed by atoms with van der Waals surface area (Å²) in [5, 5.41) is 8.60. The van der Waals surface area contributed by atoms with Gasteiger partial charge in [0.1, 0.15) is 0 Å². The van der Waals surface area contributed by atoms with E-state index < -0.39 is 5.97 Å². The van der Waals surface area contributed by atoms with Crippen LogP contribution >= 0.6 is 0 Å². The third-order valence-electron chi connectivity index (χ3n) is 2.30. The first-order chi connectivity index (χ1) is 6.75. The maximum Gasteiger partial charge on any atom is 0.304 e. The molecule has 0 aliphatic carbocycles. The quantitative estimate of drug-likeness (QED) is 0.537. The van der Waals surface area contributed by atoms with E-state index in [1.807, 2.05) is 0 Å². The van der Waals surface area contributed by atoms with E-state index in [2.05, 4.69) is 20.8 Å². The van der Waals surface area contributed by atoms with Gasteiger partial charge in [0.15, 0.2) is 0 Å². The van der Waals surface area contributed by atoms with E-state index in [0.717, 1.165) is 12.1 Å². The second-order valence-corrected chi connectivity index (χ2v) is 3.38. The van der Waals surface area contributed by atoms with E-state index in [1.54, 1.807) is 12.5 Å². The number of hydrogen-bond acceptors (Lipinski definition) is 4. The van der Waals surface area contributed by atoms with Crippen LogP contribution in [0.4, 0.5) is 0 Å².